The number of rotatable bonds is 1. The lowest BCUT2D eigenvalue weighted by Crippen LogP contribution is -2.41. The van der Waals surface area contributed by atoms with Crippen LogP contribution >= 0.6 is 0 Å². The van der Waals surface area contributed by atoms with E-state index in [-0.39, 0.29) is 11.7 Å². The minimum Gasteiger partial charge on any atom is -0.508 e. The Kier molecular flexibility index (Phi) is 3.09. The quantitative estimate of drug-likeness (QED) is 0.808. The predicted molar refractivity (Wildman–Crippen MR) is 66.9 cm³/mol. The van der Waals surface area contributed by atoms with Crippen molar-refractivity contribution in [2.75, 3.05) is 13.6 Å². The van der Waals surface area contributed by atoms with Crippen molar-refractivity contribution in [2.24, 2.45) is 0 Å². The number of carbonyl (C=O) groups is 1. The highest BCUT2D eigenvalue weighted by atomic mass is 16.3. The summed E-state index contributed by atoms with van der Waals surface area (Å²) in [5, 5.41) is 9.56. The lowest BCUT2D eigenvalue weighted by Gasteiger charge is -2.30. The van der Waals surface area contributed by atoms with E-state index in [2.05, 4.69) is 0 Å². The van der Waals surface area contributed by atoms with Crippen molar-refractivity contribution >= 4 is 5.91 Å². The van der Waals surface area contributed by atoms with Crippen LogP contribution in [0.15, 0.2) is 24.3 Å². The molecule has 0 bridgehead atoms. The Morgan fingerprint density at radius 1 is 1.35 bits per heavy atom. The Hall–Kier alpha value is -1.51. The van der Waals surface area contributed by atoms with Crippen LogP contribution < -0.4 is 0 Å². The van der Waals surface area contributed by atoms with Crippen molar-refractivity contribution in [3.8, 4) is 5.75 Å². The van der Waals surface area contributed by atoms with Crippen LogP contribution in [0.5, 0.6) is 5.75 Å². The lowest BCUT2D eigenvalue weighted by molar-refractivity contribution is -0.134. The zero-order valence-corrected chi connectivity index (χ0v) is 10.4. The third-order valence-electron chi connectivity index (χ3n) is 3.72. The fraction of sp³-hybridized carbons (Fsp3) is 0.500. The summed E-state index contributed by atoms with van der Waals surface area (Å²) < 4.78 is 0. The van der Waals surface area contributed by atoms with Gasteiger partial charge in [-0.3, -0.25) is 4.79 Å². The summed E-state index contributed by atoms with van der Waals surface area (Å²) in [7, 11) is 1.86. The zero-order chi connectivity index (χ0) is 12.5. The summed E-state index contributed by atoms with van der Waals surface area (Å²) >= 11 is 0. The fourth-order valence-corrected chi connectivity index (χ4v) is 2.57. The third-order valence-corrected chi connectivity index (χ3v) is 3.72. The molecule has 0 radical (unpaired) electrons. The molecule has 3 heteroatoms. The molecule has 0 spiro atoms. The first-order valence-electron chi connectivity index (χ1n) is 6.09. The Bertz CT molecular complexity index is 430. The maximum Gasteiger partial charge on any atom is 0.232 e. The van der Waals surface area contributed by atoms with Crippen molar-refractivity contribution in [1.82, 2.24) is 4.90 Å². The van der Waals surface area contributed by atoms with Crippen LogP contribution in [0.4, 0.5) is 0 Å². The summed E-state index contributed by atoms with van der Waals surface area (Å²) in [6.45, 7) is 2.80. The molecule has 2 rings (SSSR count). The van der Waals surface area contributed by atoms with Crippen LogP contribution in [0.3, 0.4) is 0 Å². The van der Waals surface area contributed by atoms with E-state index in [1.165, 1.54) is 0 Å². The van der Waals surface area contributed by atoms with Gasteiger partial charge in [-0.25, -0.2) is 0 Å². The predicted octanol–water partition coefficient (Wildman–Crippen LogP) is 2.29. The van der Waals surface area contributed by atoms with Gasteiger partial charge in [-0.1, -0.05) is 18.6 Å². The van der Waals surface area contributed by atoms with Crippen LogP contribution in [0, 0.1) is 0 Å². The molecule has 1 aromatic rings. The van der Waals surface area contributed by atoms with Crippen LogP contribution in [0.1, 0.15) is 31.7 Å². The summed E-state index contributed by atoms with van der Waals surface area (Å²) in [6, 6.07) is 7.07. The second kappa shape index (κ2) is 4.40. The maximum atomic E-state index is 12.4. The van der Waals surface area contributed by atoms with Gasteiger partial charge in [0.2, 0.25) is 5.91 Å². The number of amides is 1. The normalized spacial score (nSPS) is 25.8. The van der Waals surface area contributed by atoms with E-state index < -0.39 is 5.41 Å². The minimum absolute atomic E-state index is 0.153. The summed E-state index contributed by atoms with van der Waals surface area (Å²) in [5.74, 6) is 0.379. The van der Waals surface area contributed by atoms with Gasteiger partial charge in [-0.2, -0.15) is 0 Å². The van der Waals surface area contributed by atoms with Gasteiger partial charge in [-0.15, -0.1) is 0 Å². The Balaban J connectivity index is 2.42. The number of hydrogen-bond acceptors (Lipinski definition) is 2. The molecular formula is C14H19NO2. The zero-order valence-electron chi connectivity index (χ0n) is 10.4. The number of phenols is 1. The van der Waals surface area contributed by atoms with Gasteiger partial charge in [0.25, 0.3) is 0 Å². The number of benzene rings is 1. The highest BCUT2D eigenvalue weighted by Gasteiger charge is 2.38. The van der Waals surface area contributed by atoms with Crippen LogP contribution in [-0.4, -0.2) is 29.5 Å². The van der Waals surface area contributed by atoms with Gasteiger partial charge in [0.05, 0.1) is 5.41 Å². The molecule has 0 aliphatic carbocycles. The SMILES string of the molecule is CN1CCCCC(C)(c2cccc(O)c2)C1=O. The number of likely N-dealkylation sites (N-methyl/N-ethyl adjacent to an activating group) is 1. The smallest absolute Gasteiger partial charge is 0.232 e. The average molecular weight is 233 g/mol. The number of nitrogens with zero attached hydrogens (tertiary/aromatic N) is 1. The topological polar surface area (TPSA) is 40.5 Å². The fourth-order valence-electron chi connectivity index (χ4n) is 2.57. The summed E-state index contributed by atoms with van der Waals surface area (Å²) in [4.78, 5) is 14.2. The molecule has 1 aliphatic heterocycles. The van der Waals surface area contributed by atoms with Gasteiger partial charge in [0.15, 0.2) is 0 Å². The molecule has 1 aromatic carbocycles. The highest BCUT2D eigenvalue weighted by Crippen LogP contribution is 2.35. The second-order valence-corrected chi connectivity index (χ2v) is 5.07. The molecule has 1 amide bonds. The standard InChI is InChI=1S/C14H19NO2/c1-14(11-6-5-7-12(16)10-11)8-3-4-9-15(2)13(14)17/h5-7,10,16H,3-4,8-9H2,1-2H3. The minimum atomic E-state index is -0.496. The van der Waals surface area contributed by atoms with Crippen molar-refractivity contribution in [3.05, 3.63) is 29.8 Å². The molecule has 1 saturated heterocycles. The number of phenolic OH excluding ortho intramolecular Hbond substituents is 1. The van der Waals surface area contributed by atoms with Crippen LogP contribution in [0.2, 0.25) is 0 Å². The Labute approximate surface area is 102 Å². The molecule has 0 saturated carbocycles. The molecule has 1 aliphatic rings. The largest absolute Gasteiger partial charge is 0.508 e. The van der Waals surface area contributed by atoms with E-state index in [4.69, 9.17) is 0 Å². The summed E-state index contributed by atoms with van der Waals surface area (Å²) in [5.41, 5.74) is 0.417. The molecule has 1 fully saturated rings. The highest BCUT2D eigenvalue weighted by molar-refractivity contribution is 5.88. The van der Waals surface area contributed by atoms with Crippen molar-refractivity contribution in [3.63, 3.8) is 0 Å². The number of likely N-dealkylation sites (tertiary alicyclic amines) is 1. The molecule has 3 nitrogen and oxygen atoms in total. The first-order valence-corrected chi connectivity index (χ1v) is 6.09. The van der Waals surface area contributed by atoms with E-state index in [1.54, 1.807) is 23.1 Å². The van der Waals surface area contributed by atoms with Crippen molar-refractivity contribution in [1.29, 1.82) is 0 Å². The molecule has 0 aromatic heterocycles. The number of hydrogen-bond donors (Lipinski definition) is 1. The van der Waals surface area contributed by atoms with E-state index in [1.807, 2.05) is 20.0 Å². The molecular weight excluding hydrogens is 214 g/mol. The average Bonchev–Trinajstić information content (AvgIpc) is 2.44. The third kappa shape index (κ3) is 2.14. The Morgan fingerprint density at radius 2 is 2.12 bits per heavy atom. The summed E-state index contributed by atoms with van der Waals surface area (Å²) in [6.07, 6.45) is 2.94. The van der Waals surface area contributed by atoms with Gasteiger partial charge in [-0.05, 0) is 37.5 Å². The van der Waals surface area contributed by atoms with Gasteiger partial charge in [0, 0.05) is 13.6 Å². The number of aromatic hydroxyl groups is 1. The van der Waals surface area contributed by atoms with E-state index >= 15 is 0 Å². The molecule has 17 heavy (non-hydrogen) atoms. The molecule has 1 N–H and O–H groups in total. The van der Waals surface area contributed by atoms with Gasteiger partial charge < -0.3 is 10.0 Å². The molecule has 92 valence electrons. The van der Waals surface area contributed by atoms with Crippen molar-refractivity contribution in [2.45, 2.75) is 31.6 Å². The van der Waals surface area contributed by atoms with E-state index in [9.17, 15) is 9.90 Å². The second-order valence-electron chi connectivity index (χ2n) is 5.07. The first-order chi connectivity index (χ1) is 8.04. The van der Waals surface area contributed by atoms with Crippen LogP contribution in [-0.2, 0) is 10.2 Å². The van der Waals surface area contributed by atoms with Crippen LogP contribution in [0.25, 0.3) is 0 Å². The monoisotopic (exact) mass is 233 g/mol. The van der Waals surface area contributed by atoms with Gasteiger partial charge in [0.1, 0.15) is 5.75 Å². The van der Waals surface area contributed by atoms with E-state index in [0.717, 1.165) is 31.4 Å². The molecule has 1 unspecified atom stereocenters. The maximum absolute atomic E-state index is 12.4. The first kappa shape index (κ1) is 12.0. The van der Waals surface area contributed by atoms with E-state index in [0.29, 0.717) is 0 Å². The van der Waals surface area contributed by atoms with Gasteiger partial charge >= 0.3 is 0 Å². The van der Waals surface area contributed by atoms with Crippen molar-refractivity contribution < 1.29 is 9.90 Å². The Morgan fingerprint density at radius 3 is 2.82 bits per heavy atom. The molecule has 1 heterocycles. The molecule has 1 atom stereocenters. The lowest BCUT2D eigenvalue weighted by atomic mass is 9.78. The number of carbonyl (C=O) groups excluding carboxylic acids is 1.